The van der Waals surface area contributed by atoms with Crippen LogP contribution in [0.25, 0.3) is 16.5 Å². The van der Waals surface area contributed by atoms with E-state index in [4.69, 9.17) is 11.6 Å². The van der Waals surface area contributed by atoms with E-state index in [0.717, 1.165) is 36.8 Å². The van der Waals surface area contributed by atoms with Gasteiger partial charge in [-0.3, -0.25) is 14.4 Å². The lowest BCUT2D eigenvalue weighted by Gasteiger charge is -2.29. The van der Waals surface area contributed by atoms with Crippen LogP contribution >= 0.6 is 11.6 Å². The molecule has 1 N–H and O–H groups in total. The van der Waals surface area contributed by atoms with Gasteiger partial charge >= 0.3 is 0 Å². The Hall–Kier alpha value is -5.51. The molecular weight excluding hydrogens is 724 g/mol. The third kappa shape index (κ3) is 7.74. The van der Waals surface area contributed by atoms with E-state index in [2.05, 4.69) is 29.7 Å². The zero-order chi connectivity index (χ0) is 38.6. The van der Waals surface area contributed by atoms with Gasteiger partial charge in [-0.2, -0.15) is 10.4 Å². The van der Waals surface area contributed by atoms with Crippen molar-refractivity contribution in [3.05, 3.63) is 123 Å². The summed E-state index contributed by atoms with van der Waals surface area (Å²) in [5, 5.41) is 15.5. The number of aromatic nitrogens is 2. The molecule has 0 bridgehead atoms. The van der Waals surface area contributed by atoms with Crippen molar-refractivity contribution in [1.82, 2.24) is 24.3 Å². The fraction of sp³-hybridized carbons (Fsp3) is 0.293. The van der Waals surface area contributed by atoms with Gasteiger partial charge in [-0.05, 0) is 79.1 Å². The van der Waals surface area contributed by atoms with Crippen molar-refractivity contribution >= 4 is 50.1 Å². The molecule has 2 heterocycles. The number of halogens is 1. The van der Waals surface area contributed by atoms with Gasteiger partial charge in [0.15, 0.2) is 5.69 Å². The van der Waals surface area contributed by atoms with Crippen LogP contribution in [0.4, 0.5) is 0 Å². The maximum atomic E-state index is 14.5. The highest BCUT2D eigenvalue weighted by atomic mass is 35.5. The number of carbonyl (C=O) groups is 3. The number of unbranched alkanes of at least 4 members (excludes halogenated alkanes) is 2. The molecular formula is C41H41ClN6O5S. The number of sulfonamides is 1. The summed E-state index contributed by atoms with van der Waals surface area (Å²) in [5.41, 5.74) is 3.21. The molecule has 5 aromatic rings. The number of nitrogens with one attached hydrogen (secondary N) is 1. The molecule has 0 radical (unpaired) electrons. The molecule has 54 heavy (non-hydrogen) atoms. The molecule has 278 valence electrons. The zero-order valence-electron chi connectivity index (χ0n) is 30.4. The van der Waals surface area contributed by atoms with Crippen LogP contribution in [0.15, 0.2) is 83.8 Å². The minimum absolute atomic E-state index is 0.0644. The molecule has 6 rings (SSSR count). The van der Waals surface area contributed by atoms with Crippen molar-refractivity contribution in [1.29, 1.82) is 5.26 Å². The van der Waals surface area contributed by atoms with Crippen molar-refractivity contribution in [2.24, 2.45) is 0 Å². The van der Waals surface area contributed by atoms with Crippen molar-refractivity contribution in [2.75, 3.05) is 19.6 Å². The second-order valence-electron chi connectivity index (χ2n) is 13.4. The molecule has 1 aliphatic heterocycles. The second kappa shape index (κ2) is 16.2. The molecule has 0 unspecified atom stereocenters. The van der Waals surface area contributed by atoms with Crippen molar-refractivity contribution in [3.8, 4) is 11.8 Å². The molecule has 11 nitrogen and oxygen atoms in total. The molecule has 0 atom stereocenters. The summed E-state index contributed by atoms with van der Waals surface area (Å²) >= 11 is 6.80. The van der Waals surface area contributed by atoms with E-state index < -0.39 is 21.8 Å². The monoisotopic (exact) mass is 764 g/mol. The number of nitrogens with zero attached hydrogens (tertiary/aromatic N) is 5. The lowest BCUT2D eigenvalue weighted by atomic mass is 9.98. The van der Waals surface area contributed by atoms with Crippen LogP contribution in [-0.4, -0.2) is 65.4 Å². The Morgan fingerprint density at radius 3 is 2.37 bits per heavy atom. The number of hydrogen-bond donors (Lipinski definition) is 1. The molecule has 4 aromatic carbocycles. The van der Waals surface area contributed by atoms with Gasteiger partial charge in [0.1, 0.15) is 0 Å². The summed E-state index contributed by atoms with van der Waals surface area (Å²) in [6.45, 7) is 7.68. The van der Waals surface area contributed by atoms with Crippen LogP contribution in [-0.2, 0) is 23.0 Å². The van der Waals surface area contributed by atoms with E-state index in [1.165, 1.54) is 35.0 Å². The molecule has 0 saturated carbocycles. The van der Waals surface area contributed by atoms with E-state index in [1.807, 2.05) is 24.3 Å². The first-order valence-corrected chi connectivity index (χ1v) is 19.9. The Morgan fingerprint density at radius 1 is 0.944 bits per heavy atom. The van der Waals surface area contributed by atoms with Crippen LogP contribution in [0.2, 0.25) is 5.02 Å². The van der Waals surface area contributed by atoms with Crippen molar-refractivity contribution in [2.45, 2.75) is 64.3 Å². The quantitative estimate of drug-likeness (QED) is 0.141. The highest BCUT2D eigenvalue weighted by Crippen LogP contribution is 2.30. The number of rotatable bonds is 12. The minimum Gasteiger partial charge on any atom is -0.337 e. The molecule has 13 heteroatoms. The first-order chi connectivity index (χ1) is 26.0. The predicted octanol–water partition coefficient (Wildman–Crippen LogP) is 7.22. The Morgan fingerprint density at radius 2 is 1.67 bits per heavy atom. The van der Waals surface area contributed by atoms with Crippen LogP contribution in [0.5, 0.6) is 0 Å². The SMILES string of the molecule is CCCCN(CCCC)C(=O)c1nn(-c2ccc(C(=O)NS(=O)(=O)c3ccc4cccc(C#N)c4c3)cc2C(=O)N2CCc3ccccc3C2)c(C)c1Cl. The normalized spacial score (nSPS) is 12.6. The van der Waals surface area contributed by atoms with E-state index in [-0.39, 0.29) is 38.3 Å². The Labute approximate surface area is 320 Å². The van der Waals surface area contributed by atoms with Crippen LogP contribution < -0.4 is 4.72 Å². The van der Waals surface area contributed by atoms with E-state index in [1.54, 1.807) is 41.0 Å². The molecule has 0 fully saturated rings. The van der Waals surface area contributed by atoms with Gasteiger partial charge in [0.2, 0.25) is 0 Å². The third-order valence-electron chi connectivity index (χ3n) is 9.74. The maximum Gasteiger partial charge on any atom is 0.275 e. The standard InChI is InChI=1S/C41H41ClN6O5S/c1-4-6-20-46(21-7-5-2)41(51)38-37(42)27(3)48(44-38)36-18-16-30(23-35(36)40(50)47-22-19-28-11-8-9-12-32(28)26-47)39(49)45-54(52,53)33-17-15-29-13-10-14-31(25-43)34(29)24-33/h8-18,23-24H,4-7,19-22,26H2,1-3H3,(H,45,49). The van der Waals surface area contributed by atoms with E-state index >= 15 is 0 Å². The van der Waals surface area contributed by atoms with Gasteiger partial charge in [-0.15, -0.1) is 0 Å². The fourth-order valence-corrected chi connectivity index (χ4v) is 7.84. The number of benzene rings is 4. The predicted molar refractivity (Wildman–Crippen MR) is 207 cm³/mol. The lowest BCUT2D eigenvalue weighted by Crippen LogP contribution is -2.37. The van der Waals surface area contributed by atoms with Crippen molar-refractivity contribution in [3.63, 3.8) is 0 Å². The molecule has 3 amide bonds. The van der Waals surface area contributed by atoms with Gasteiger partial charge in [0, 0.05) is 37.1 Å². The highest BCUT2D eigenvalue weighted by Gasteiger charge is 2.30. The maximum absolute atomic E-state index is 14.5. The molecule has 1 aliphatic rings. The van der Waals surface area contributed by atoms with Crippen LogP contribution in [0.3, 0.4) is 0 Å². The average Bonchev–Trinajstić information content (AvgIpc) is 3.48. The van der Waals surface area contributed by atoms with Gasteiger partial charge in [-0.25, -0.2) is 17.8 Å². The Balaban J connectivity index is 1.38. The lowest BCUT2D eigenvalue weighted by molar-refractivity contribution is 0.0732. The molecule has 0 aliphatic carbocycles. The van der Waals surface area contributed by atoms with E-state index in [9.17, 15) is 28.1 Å². The molecule has 1 aromatic heterocycles. The first-order valence-electron chi connectivity index (χ1n) is 18.0. The number of amides is 3. The summed E-state index contributed by atoms with van der Waals surface area (Å²) < 4.78 is 30.6. The minimum atomic E-state index is -4.40. The molecule has 0 spiro atoms. The average molecular weight is 765 g/mol. The van der Waals surface area contributed by atoms with E-state index in [0.29, 0.717) is 54.6 Å². The van der Waals surface area contributed by atoms with Crippen LogP contribution in [0.1, 0.15) is 93.1 Å². The number of fused-ring (bicyclic) bond motifs is 2. The van der Waals surface area contributed by atoms with Crippen molar-refractivity contribution < 1.29 is 22.8 Å². The Bertz CT molecular complexity index is 2410. The number of carbonyl (C=O) groups excluding carboxylic acids is 3. The van der Waals surface area contributed by atoms with Gasteiger partial charge in [0.25, 0.3) is 27.7 Å². The largest absolute Gasteiger partial charge is 0.337 e. The topological polar surface area (TPSA) is 145 Å². The summed E-state index contributed by atoms with van der Waals surface area (Å²) in [6, 6.07) is 23.5. The van der Waals surface area contributed by atoms with Gasteiger partial charge in [0.05, 0.1) is 38.5 Å². The molecule has 0 saturated heterocycles. The third-order valence-corrected chi connectivity index (χ3v) is 11.5. The summed E-state index contributed by atoms with van der Waals surface area (Å²) in [5.74, 6) is -1.66. The summed E-state index contributed by atoms with van der Waals surface area (Å²) in [4.78, 5) is 45.2. The van der Waals surface area contributed by atoms with Crippen LogP contribution in [0, 0.1) is 18.3 Å². The number of nitriles is 1. The second-order valence-corrected chi connectivity index (χ2v) is 15.4. The highest BCUT2D eigenvalue weighted by molar-refractivity contribution is 7.90. The number of hydrogen-bond acceptors (Lipinski definition) is 7. The summed E-state index contributed by atoms with van der Waals surface area (Å²) in [6.07, 6.45) is 4.10. The van der Waals surface area contributed by atoms with Gasteiger partial charge in [-0.1, -0.05) is 80.8 Å². The van der Waals surface area contributed by atoms with Gasteiger partial charge < -0.3 is 9.80 Å². The zero-order valence-corrected chi connectivity index (χ0v) is 32.0. The fourth-order valence-electron chi connectivity index (χ4n) is 6.65. The first kappa shape index (κ1) is 38.2. The smallest absolute Gasteiger partial charge is 0.275 e. The Kier molecular flexibility index (Phi) is 11.5. The summed E-state index contributed by atoms with van der Waals surface area (Å²) in [7, 11) is -4.40.